The molecular weight excluding hydrogens is 440 g/mol. The summed E-state index contributed by atoms with van der Waals surface area (Å²) >= 11 is 0. The minimum atomic E-state index is -1.82. The maximum absolute atomic E-state index is 10.6. The Morgan fingerprint density at radius 2 is 1.25 bits per heavy atom. The van der Waals surface area contributed by atoms with Gasteiger partial charge in [-0.3, -0.25) is 0 Å². The molecule has 14 atom stereocenters. The van der Waals surface area contributed by atoms with E-state index < -0.39 is 99.2 Å². The molecule has 0 aromatic heterocycles. The maximum atomic E-state index is 10.6. The molecule has 14 nitrogen and oxygen atoms in total. The van der Waals surface area contributed by atoms with Gasteiger partial charge in [0.25, 0.3) is 0 Å². The van der Waals surface area contributed by atoms with E-state index >= 15 is 0 Å². The monoisotopic (exact) mass is 472 g/mol. The fourth-order valence-corrected chi connectivity index (χ4v) is 3.91. The number of hydrogen-bond acceptors (Lipinski definition) is 14. The van der Waals surface area contributed by atoms with Gasteiger partial charge in [0, 0.05) is 6.42 Å². The third-order valence-electron chi connectivity index (χ3n) is 5.94. The van der Waals surface area contributed by atoms with E-state index in [0.29, 0.717) is 0 Å². The van der Waals surface area contributed by atoms with Crippen LogP contribution in [0.25, 0.3) is 0 Å². The zero-order chi connectivity index (χ0) is 23.7. The summed E-state index contributed by atoms with van der Waals surface area (Å²) in [5, 5.41) is 89.9. The third-order valence-corrected chi connectivity index (χ3v) is 5.94. The lowest BCUT2D eigenvalue weighted by Crippen LogP contribution is -2.65. The standard InChI is InChI=1S/C18H32O14/c1-5-6(21)2-7(22)17(28-5)31-14-11(24)9(4-20)29-16(27)15(14)32-18-13(26)12(25)10(23)8(3-19)30-18/h5-27H,2-4H2,1H3/t5-,6+,7-,8-,9-,10+,11-,12+,13-,14+,15+,16+,17-,18-/m1/s1. The molecule has 0 bridgehead atoms. The van der Waals surface area contributed by atoms with Crippen LogP contribution in [0, 0.1) is 0 Å². The third kappa shape index (κ3) is 5.24. The van der Waals surface area contributed by atoms with Crippen LogP contribution in [0.15, 0.2) is 0 Å². The van der Waals surface area contributed by atoms with Gasteiger partial charge in [-0.15, -0.1) is 0 Å². The van der Waals surface area contributed by atoms with E-state index in [4.69, 9.17) is 23.7 Å². The Balaban J connectivity index is 1.79. The first-order chi connectivity index (χ1) is 15.1. The highest BCUT2D eigenvalue weighted by atomic mass is 16.8. The maximum Gasteiger partial charge on any atom is 0.187 e. The van der Waals surface area contributed by atoms with Gasteiger partial charge in [-0.1, -0.05) is 0 Å². The van der Waals surface area contributed by atoms with Gasteiger partial charge in [0.2, 0.25) is 0 Å². The Morgan fingerprint density at radius 3 is 1.88 bits per heavy atom. The highest BCUT2D eigenvalue weighted by Crippen LogP contribution is 2.32. The molecule has 0 aromatic carbocycles. The Morgan fingerprint density at radius 1 is 0.656 bits per heavy atom. The molecule has 0 amide bonds. The lowest BCUT2D eigenvalue weighted by molar-refractivity contribution is -0.382. The minimum absolute atomic E-state index is 0.0879. The van der Waals surface area contributed by atoms with Crippen molar-refractivity contribution in [2.75, 3.05) is 13.2 Å². The van der Waals surface area contributed by atoms with Gasteiger partial charge in [0.05, 0.1) is 25.4 Å². The highest BCUT2D eigenvalue weighted by Gasteiger charge is 2.52. The SMILES string of the molecule is C[C@H]1O[C@H](O[C@H]2[C@H](O)[C@@H](CO)O[C@H](O)[C@H]2O[C@H]2O[C@H](CO)[C@H](O)[C@H](O)[C@H]2O)[C@H](O)C[C@@H]1O. The summed E-state index contributed by atoms with van der Waals surface area (Å²) in [7, 11) is 0. The first-order valence-electron chi connectivity index (χ1n) is 10.3. The van der Waals surface area contributed by atoms with Crippen LogP contribution in [0.2, 0.25) is 0 Å². The van der Waals surface area contributed by atoms with Gasteiger partial charge in [-0.2, -0.15) is 0 Å². The molecular formula is C18H32O14. The molecule has 0 radical (unpaired) electrons. The molecule has 0 aliphatic carbocycles. The van der Waals surface area contributed by atoms with Gasteiger partial charge in [-0.25, -0.2) is 0 Å². The van der Waals surface area contributed by atoms with Crippen LogP contribution in [0.1, 0.15) is 13.3 Å². The molecule has 3 saturated heterocycles. The largest absolute Gasteiger partial charge is 0.394 e. The van der Waals surface area contributed by atoms with Crippen molar-refractivity contribution >= 4 is 0 Å². The van der Waals surface area contributed by atoms with Crippen molar-refractivity contribution < 1.29 is 69.6 Å². The molecule has 0 aromatic rings. The number of ether oxygens (including phenoxy) is 5. The van der Waals surface area contributed by atoms with Crippen LogP contribution < -0.4 is 0 Å². The molecule has 188 valence electrons. The van der Waals surface area contributed by atoms with Crippen LogP contribution in [0.5, 0.6) is 0 Å². The predicted octanol–water partition coefficient (Wildman–Crippen LogP) is -5.52. The Bertz CT molecular complexity index is 594. The summed E-state index contributed by atoms with van der Waals surface area (Å²) in [5.41, 5.74) is 0. The second kappa shape index (κ2) is 10.8. The topological polar surface area (TPSA) is 228 Å². The summed E-state index contributed by atoms with van der Waals surface area (Å²) in [6.07, 6.45) is -20.4. The number of hydrogen-bond donors (Lipinski definition) is 9. The number of rotatable bonds is 6. The molecule has 3 heterocycles. The summed E-state index contributed by atoms with van der Waals surface area (Å²) in [5.74, 6) is 0. The Labute approximate surface area is 183 Å². The van der Waals surface area contributed by atoms with Gasteiger partial charge in [0.15, 0.2) is 18.9 Å². The Kier molecular flexibility index (Phi) is 8.79. The summed E-state index contributed by atoms with van der Waals surface area (Å²) in [4.78, 5) is 0. The van der Waals surface area contributed by atoms with Crippen molar-refractivity contribution in [1.29, 1.82) is 0 Å². The van der Waals surface area contributed by atoms with Crippen molar-refractivity contribution in [2.24, 2.45) is 0 Å². The van der Waals surface area contributed by atoms with E-state index in [9.17, 15) is 46.0 Å². The van der Waals surface area contributed by atoms with Gasteiger partial charge < -0.3 is 69.6 Å². The lowest BCUT2D eigenvalue weighted by atomic mass is 9.96. The molecule has 3 aliphatic rings. The van der Waals surface area contributed by atoms with Crippen molar-refractivity contribution in [3.63, 3.8) is 0 Å². The molecule has 3 fully saturated rings. The van der Waals surface area contributed by atoms with E-state index in [0.717, 1.165) is 0 Å². The zero-order valence-corrected chi connectivity index (χ0v) is 17.3. The van der Waals surface area contributed by atoms with Crippen LogP contribution in [-0.2, 0) is 23.7 Å². The van der Waals surface area contributed by atoms with E-state index in [1.165, 1.54) is 0 Å². The average Bonchev–Trinajstić information content (AvgIpc) is 2.76. The second-order valence-corrected chi connectivity index (χ2v) is 8.22. The quantitative estimate of drug-likeness (QED) is 0.176. The zero-order valence-electron chi connectivity index (χ0n) is 17.3. The van der Waals surface area contributed by atoms with Gasteiger partial charge in [-0.05, 0) is 6.92 Å². The molecule has 0 unspecified atom stereocenters. The number of aliphatic hydroxyl groups is 9. The number of aliphatic hydroxyl groups excluding tert-OH is 9. The molecule has 3 aliphatic heterocycles. The minimum Gasteiger partial charge on any atom is -0.394 e. The normalized spacial score (nSPS) is 52.7. The molecule has 9 N–H and O–H groups in total. The van der Waals surface area contributed by atoms with E-state index in [1.54, 1.807) is 6.92 Å². The summed E-state index contributed by atoms with van der Waals surface area (Å²) < 4.78 is 27.0. The molecule has 0 saturated carbocycles. The van der Waals surface area contributed by atoms with Crippen LogP contribution in [0.4, 0.5) is 0 Å². The smallest absolute Gasteiger partial charge is 0.187 e. The molecule has 0 spiro atoms. The van der Waals surface area contributed by atoms with E-state index in [2.05, 4.69) is 0 Å². The fraction of sp³-hybridized carbons (Fsp3) is 1.00. The Hall–Kier alpha value is -0.560. The summed E-state index contributed by atoms with van der Waals surface area (Å²) in [6.45, 7) is 0.126. The average molecular weight is 472 g/mol. The second-order valence-electron chi connectivity index (χ2n) is 8.22. The molecule has 3 rings (SSSR count). The first-order valence-corrected chi connectivity index (χ1v) is 10.3. The fourth-order valence-electron chi connectivity index (χ4n) is 3.91. The highest BCUT2D eigenvalue weighted by molar-refractivity contribution is 4.95. The van der Waals surface area contributed by atoms with Crippen molar-refractivity contribution in [3.8, 4) is 0 Å². The van der Waals surface area contributed by atoms with Crippen molar-refractivity contribution in [1.82, 2.24) is 0 Å². The van der Waals surface area contributed by atoms with Crippen molar-refractivity contribution in [2.45, 2.75) is 99.4 Å². The van der Waals surface area contributed by atoms with Crippen LogP contribution in [-0.4, -0.2) is 145 Å². The summed E-state index contributed by atoms with van der Waals surface area (Å²) in [6, 6.07) is 0. The first kappa shape index (κ1) is 26.1. The van der Waals surface area contributed by atoms with Gasteiger partial charge in [0.1, 0.15) is 54.9 Å². The van der Waals surface area contributed by atoms with Crippen LogP contribution >= 0.6 is 0 Å². The molecule has 14 heteroatoms. The lowest BCUT2D eigenvalue weighted by Gasteiger charge is -2.47. The van der Waals surface area contributed by atoms with Gasteiger partial charge >= 0.3 is 0 Å². The van der Waals surface area contributed by atoms with Crippen LogP contribution in [0.3, 0.4) is 0 Å². The van der Waals surface area contributed by atoms with E-state index in [1.807, 2.05) is 0 Å². The predicted molar refractivity (Wildman–Crippen MR) is 98.5 cm³/mol. The van der Waals surface area contributed by atoms with Crippen molar-refractivity contribution in [3.05, 3.63) is 0 Å². The molecule has 32 heavy (non-hydrogen) atoms. The van der Waals surface area contributed by atoms with E-state index in [-0.39, 0.29) is 6.42 Å².